The minimum absolute atomic E-state index is 0.0462. The van der Waals surface area contributed by atoms with Crippen LogP contribution in [0.25, 0.3) is 6.08 Å². The number of carboxylic acid groups (broad SMARTS) is 1. The van der Waals surface area contributed by atoms with Crippen LogP contribution in [0.2, 0.25) is 0 Å². The van der Waals surface area contributed by atoms with Crippen LogP contribution in [0.5, 0.6) is 0 Å². The van der Waals surface area contributed by atoms with Gasteiger partial charge in [0.2, 0.25) is 10.0 Å². The third-order valence-corrected chi connectivity index (χ3v) is 3.88. The molecular formula is C13H16FNO4S. The topological polar surface area (TPSA) is 83.5 Å². The van der Waals surface area contributed by atoms with Gasteiger partial charge in [-0.25, -0.2) is 17.6 Å². The molecule has 7 heteroatoms. The lowest BCUT2D eigenvalue weighted by Gasteiger charge is -2.10. The first-order valence-corrected chi connectivity index (χ1v) is 7.56. The Kier molecular flexibility index (Phi) is 5.26. The molecule has 0 aliphatic heterocycles. The van der Waals surface area contributed by atoms with Crippen LogP contribution < -0.4 is 4.72 Å². The molecule has 0 aliphatic carbocycles. The minimum Gasteiger partial charge on any atom is -0.478 e. The maximum atomic E-state index is 13.7. The largest absolute Gasteiger partial charge is 0.478 e. The number of hydrogen-bond acceptors (Lipinski definition) is 3. The molecule has 1 aromatic carbocycles. The predicted molar refractivity (Wildman–Crippen MR) is 75.3 cm³/mol. The van der Waals surface area contributed by atoms with E-state index in [0.717, 1.165) is 18.2 Å². The summed E-state index contributed by atoms with van der Waals surface area (Å²) in [5.74, 6) is -2.00. The van der Waals surface area contributed by atoms with Gasteiger partial charge in [-0.2, -0.15) is 0 Å². The van der Waals surface area contributed by atoms with E-state index in [1.165, 1.54) is 12.1 Å². The Morgan fingerprint density at radius 1 is 1.45 bits per heavy atom. The van der Waals surface area contributed by atoms with Crippen LogP contribution >= 0.6 is 0 Å². The lowest BCUT2D eigenvalue weighted by molar-refractivity contribution is -0.131. The van der Waals surface area contributed by atoms with Crippen molar-refractivity contribution < 1.29 is 22.7 Å². The summed E-state index contributed by atoms with van der Waals surface area (Å²) in [6.45, 7) is 3.53. The number of sulfonamides is 1. The molecule has 5 nitrogen and oxygen atoms in total. The number of halogens is 1. The van der Waals surface area contributed by atoms with E-state index >= 15 is 0 Å². The van der Waals surface area contributed by atoms with Gasteiger partial charge in [0.05, 0.1) is 11.4 Å². The van der Waals surface area contributed by atoms with Crippen molar-refractivity contribution in [1.82, 2.24) is 0 Å². The smallest absolute Gasteiger partial charge is 0.328 e. The zero-order valence-electron chi connectivity index (χ0n) is 11.1. The second-order valence-electron chi connectivity index (χ2n) is 4.69. The molecule has 0 saturated heterocycles. The van der Waals surface area contributed by atoms with E-state index in [-0.39, 0.29) is 22.9 Å². The summed E-state index contributed by atoms with van der Waals surface area (Å²) < 4.78 is 39.3. The van der Waals surface area contributed by atoms with Crippen molar-refractivity contribution >= 4 is 27.8 Å². The Bertz CT molecular complexity index is 623. The van der Waals surface area contributed by atoms with Gasteiger partial charge in [0.25, 0.3) is 0 Å². The lowest BCUT2D eigenvalue weighted by Crippen LogP contribution is -2.20. The number of aliphatic carboxylic acids is 1. The van der Waals surface area contributed by atoms with Crippen molar-refractivity contribution in [3.05, 3.63) is 35.7 Å². The summed E-state index contributed by atoms with van der Waals surface area (Å²) in [6.07, 6.45) is 1.91. The highest BCUT2D eigenvalue weighted by atomic mass is 32.2. The second kappa shape index (κ2) is 6.51. The molecular weight excluding hydrogens is 285 g/mol. The van der Waals surface area contributed by atoms with Crippen molar-refractivity contribution in [1.29, 1.82) is 0 Å². The number of anilines is 1. The standard InChI is InChI=1S/C13H16FNO4S/c1-9(2)8-20(18,19)15-11-5-3-10(12(14)7-11)4-6-13(16)17/h3-7,9,15H,8H2,1-2H3,(H,16,17). The molecule has 0 amide bonds. The molecule has 0 radical (unpaired) electrons. The molecule has 1 rings (SSSR count). The summed E-state index contributed by atoms with van der Waals surface area (Å²) in [6, 6.07) is 3.70. The van der Waals surface area contributed by atoms with E-state index in [0.29, 0.717) is 0 Å². The first kappa shape index (κ1) is 16.2. The molecule has 0 spiro atoms. The fraction of sp³-hybridized carbons (Fsp3) is 0.308. The molecule has 0 bridgehead atoms. The lowest BCUT2D eigenvalue weighted by atomic mass is 10.2. The Hall–Kier alpha value is -1.89. The van der Waals surface area contributed by atoms with Crippen molar-refractivity contribution in [2.75, 3.05) is 10.5 Å². The maximum absolute atomic E-state index is 13.7. The molecule has 0 heterocycles. The van der Waals surface area contributed by atoms with Crippen LogP contribution in [0.15, 0.2) is 24.3 Å². The van der Waals surface area contributed by atoms with Gasteiger partial charge in [-0.1, -0.05) is 13.8 Å². The summed E-state index contributed by atoms with van der Waals surface area (Å²) >= 11 is 0. The highest BCUT2D eigenvalue weighted by molar-refractivity contribution is 7.92. The van der Waals surface area contributed by atoms with Crippen molar-refractivity contribution in [3.63, 3.8) is 0 Å². The Balaban J connectivity index is 2.90. The zero-order valence-corrected chi connectivity index (χ0v) is 11.9. The normalized spacial score (nSPS) is 12.0. The van der Waals surface area contributed by atoms with Gasteiger partial charge >= 0.3 is 5.97 Å². The summed E-state index contributed by atoms with van der Waals surface area (Å²) in [5, 5.41) is 8.46. The second-order valence-corrected chi connectivity index (χ2v) is 6.45. The van der Waals surface area contributed by atoms with E-state index in [4.69, 9.17) is 5.11 Å². The van der Waals surface area contributed by atoms with Gasteiger partial charge < -0.3 is 5.11 Å². The van der Waals surface area contributed by atoms with Crippen LogP contribution in [-0.2, 0) is 14.8 Å². The van der Waals surface area contributed by atoms with E-state index in [1.807, 2.05) is 0 Å². The number of rotatable bonds is 6. The van der Waals surface area contributed by atoms with Crippen molar-refractivity contribution in [2.45, 2.75) is 13.8 Å². The average Bonchev–Trinajstić information content (AvgIpc) is 2.24. The van der Waals surface area contributed by atoms with Crippen LogP contribution in [0, 0.1) is 11.7 Å². The zero-order chi connectivity index (χ0) is 15.3. The van der Waals surface area contributed by atoms with Crippen molar-refractivity contribution in [3.8, 4) is 0 Å². The minimum atomic E-state index is -3.52. The number of carbonyl (C=O) groups is 1. The monoisotopic (exact) mass is 301 g/mol. The van der Waals surface area contributed by atoms with Gasteiger partial charge in [0.15, 0.2) is 0 Å². The molecule has 0 aromatic heterocycles. The summed E-state index contributed by atoms with van der Waals surface area (Å²) in [4.78, 5) is 10.3. The van der Waals surface area contributed by atoms with E-state index in [1.54, 1.807) is 13.8 Å². The number of carboxylic acids is 1. The molecule has 1 aromatic rings. The van der Waals surface area contributed by atoms with Gasteiger partial charge in [-0.15, -0.1) is 0 Å². The molecule has 0 fully saturated rings. The van der Waals surface area contributed by atoms with Crippen LogP contribution in [-0.4, -0.2) is 25.2 Å². The van der Waals surface area contributed by atoms with E-state index in [9.17, 15) is 17.6 Å². The van der Waals surface area contributed by atoms with E-state index < -0.39 is 21.8 Å². The molecule has 0 aliphatic rings. The molecule has 2 N–H and O–H groups in total. The number of nitrogens with one attached hydrogen (secondary N) is 1. The predicted octanol–water partition coefficient (Wildman–Crippen LogP) is 2.32. The van der Waals surface area contributed by atoms with Crippen molar-refractivity contribution in [2.24, 2.45) is 5.92 Å². The quantitative estimate of drug-likeness (QED) is 0.790. The fourth-order valence-corrected chi connectivity index (χ4v) is 2.99. The number of hydrogen-bond donors (Lipinski definition) is 2. The molecule has 0 atom stereocenters. The summed E-state index contributed by atoms with van der Waals surface area (Å²) in [5.41, 5.74) is 0.176. The first-order valence-electron chi connectivity index (χ1n) is 5.90. The maximum Gasteiger partial charge on any atom is 0.328 e. The number of benzene rings is 1. The van der Waals surface area contributed by atoms with Crippen LogP contribution in [0.4, 0.5) is 10.1 Å². The Morgan fingerprint density at radius 3 is 2.60 bits per heavy atom. The average molecular weight is 301 g/mol. The Morgan fingerprint density at radius 2 is 2.10 bits per heavy atom. The summed E-state index contributed by atoms with van der Waals surface area (Å²) in [7, 11) is -3.52. The van der Waals surface area contributed by atoms with Crippen LogP contribution in [0.3, 0.4) is 0 Å². The van der Waals surface area contributed by atoms with Gasteiger partial charge in [0.1, 0.15) is 5.82 Å². The first-order chi connectivity index (χ1) is 9.19. The molecule has 0 unspecified atom stereocenters. The molecule has 110 valence electrons. The molecule has 0 saturated carbocycles. The highest BCUT2D eigenvalue weighted by Crippen LogP contribution is 2.17. The third kappa shape index (κ3) is 5.40. The van der Waals surface area contributed by atoms with E-state index in [2.05, 4.69) is 4.72 Å². The fourth-order valence-electron chi connectivity index (χ4n) is 1.55. The van der Waals surface area contributed by atoms with Gasteiger partial charge in [-0.3, -0.25) is 4.72 Å². The third-order valence-electron chi connectivity index (χ3n) is 2.23. The highest BCUT2D eigenvalue weighted by Gasteiger charge is 2.13. The van der Waals surface area contributed by atoms with Gasteiger partial charge in [-0.05, 0) is 30.2 Å². The SMILES string of the molecule is CC(C)CS(=O)(=O)Nc1ccc(C=CC(=O)O)c(F)c1. The van der Waals surface area contributed by atoms with Gasteiger partial charge in [0, 0.05) is 11.6 Å². The Labute approximate surface area is 117 Å². The molecule has 20 heavy (non-hydrogen) atoms. The van der Waals surface area contributed by atoms with Crippen LogP contribution in [0.1, 0.15) is 19.4 Å².